The van der Waals surface area contributed by atoms with E-state index in [1.54, 1.807) is 54.1 Å². The number of nitrogens with zero attached hydrogens (tertiary/aromatic N) is 1. The van der Waals surface area contributed by atoms with Crippen LogP contribution < -0.4 is 16.6 Å². The first-order chi connectivity index (χ1) is 13.1. The summed E-state index contributed by atoms with van der Waals surface area (Å²) in [6, 6.07) is 12.0. The molecule has 4 aromatic rings. The van der Waals surface area contributed by atoms with Crippen molar-refractivity contribution in [3.05, 3.63) is 91.8 Å². The summed E-state index contributed by atoms with van der Waals surface area (Å²) in [5, 5.41) is 4.53. The van der Waals surface area contributed by atoms with Crippen molar-refractivity contribution in [2.45, 2.75) is 13.1 Å². The Balaban J connectivity index is 1.50. The number of aromatic amines is 1. The van der Waals surface area contributed by atoms with Gasteiger partial charge in [0.05, 0.1) is 24.9 Å². The van der Waals surface area contributed by atoms with Gasteiger partial charge in [0.25, 0.3) is 11.5 Å². The van der Waals surface area contributed by atoms with Crippen molar-refractivity contribution < 1.29 is 9.21 Å². The zero-order valence-electron chi connectivity index (χ0n) is 14.1. The highest BCUT2D eigenvalue weighted by molar-refractivity contribution is 7.17. The Bertz CT molecular complexity index is 1200. The molecular formula is C19H15N3O4S. The smallest absolute Gasteiger partial charge is 0.329 e. The number of hydrogen-bond acceptors (Lipinski definition) is 5. The van der Waals surface area contributed by atoms with Crippen LogP contribution in [0.15, 0.2) is 68.1 Å². The molecule has 3 heterocycles. The monoisotopic (exact) mass is 381 g/mol. The van der Waals surface area contributed by atoms with Crippen molar-refractivity contribution in [2.75, 3.05) is 0 Å². The van der Waals surface area contributed by atoms with Crippen molar-refractivity contribution in [2.24, 2.45) is 0 Å². The zero-order valence-corrected chi connectivity index (χ0v) is 14.9. The van der Waals surface area contributed by atoms with E-state index >= 15 is 0 Å². The van der Waals surface area contributed by atoms with E-state index in [9.17, 15) is 14.4 Å². The summed E-state index contributed by atoms with van der Waals surface area (Å²) in [6.45, 7) is 0.440. The Labute approximate surface area is 156 Å². The van der Waals surface area contributed by atoms with Crippen LogP contribution in [0.4, 0.5) is 0 Å². The molecule has 8 heteroatoms. The third kappa shape index (κ3) is 3.47. The van der Waals surface area contributed by atoms with Gasteiger partial charge in [0.15, 0.2) is 0 Å². The molecule has 0 unspecified atom stereocenters. The highest BCUT2D eigenvalue weighted by atomic mass is 32.1. The molecule has 1 amide bonds. The Morgan fingerprint density at radius 2 is 1.96 bits per heavy atom. The quantitative estimate of drug-likeness (QED) is 0.554. The van der Waals surface area contributed by atoms with Crippen molar-refractivity contribution in [3.8, 4) is 0 Å². The predicted molar refractivity (Wildman–Crippen MR) is 102 cm³/mol. The van der Waals surface area contributed by atoms with Crippen LogP contribution in [0.5, 0.6) is 0 Å². The van der Waals surface area contributed by atoms with Gasteiger partial charge in [-0.15, -0.1) is 11.3 Å². The molecule has 0 aliphatic carbocycles. The van der Waals surface area contributed by atoms with Gasteiger partial charge in [0, 0.05) is 5.56 Å². The molecular weight excluding hydrogens is 366 g/mol. The molecule has 2 N–H and O–H groups in total. The third-order valence-corrected chi connectivity index (χ3v) is 5.05. The highest BCUT2D eigenvalue weighted by Crippen LogP contribution is 2.13. The molecule has 1 aromatic carbocycles. The molecule has 0 aliphatic heterocycles. The van der Waals surface area contributed by atoms with E-state index in [2.05, 4.69) is 10.3 Å². The largest absolute Gasteiger partial charge is 0.467 e. The van der Waals surface area contributed by atoms with Crippen molar-refractivity contribution >= 4 is 27.5 Å². The number of hydrogen-bond donors (Lipinski definition) is 2. The maximum absolute atomic E-state index is 12.5. The first-order valence-electron chi connectivity index (χ1n) is 8.21. The number of furan rings is 1. The lowest BCUT2D eigenvalue weighted by molar-refractivity contribution is 0.0948. The molecule has 136 valence electrons. The van der Waals surface area contributed by atoms with Crippen LogP contribution in [0.2, 0.25) is 0 Å². The van der Waals surface area contributed by atoms with Gasteiger partial charge < -0.3 is 14.7 Å². The molecule has 0 spiro atoms. The summed E-state index contributed by atoms with van der Waals surface area (Å²) < 4.78 is 6.85. The Kier molecular flexibility index (Phi) is 4.47. The summed E-state index contributed by atoms with van der Waals surface area (Å²) >= 11 is 1.29. The molecule has 0 atom stereocenters. The Hall–Kier alpha value is -3.39. The minimum Gasteiger partial charge on any atom is -0.467 e. The number of carbonyl (C=O) groups excluding carboxylic acids is 1. The average molecular weight is 381 g/mol. The summed E-state index contributed by atoms with van der Waals surface area (Å²) in [7, 11) is 0. The van der Waals surface area contributed by atoms with E-state index in [1.807, 2.05) is 0 Å². The number of aromatic nitrogens is 2. The Morgan fingerprint density at radius 3 is 2.70 bits per heavy atom. The number of amides is 1. The number of H-pyrrole nitrogens is 1. The van der Waals surface area contributed by atoms with E-state index < -0.39 is 5.69 Å². The molecule has 0 fully saturated rings. The van der Waals surface area contributed by atoms with Crippen LogP contribution in [0.1, 0.15) is 21.7 Å². The standard InChI is InChI=1S/C19H15N3O4S/c23-17(20-10-14-2-1-8-26-14)13-5-3-12(4-6-13)11-22-18(24)16-15(7-9-27-16)21-19(22)25/h1-9H,10-11H2,(H,20,23)(H,21,25). The second-order valence-corrected chi connectivity index (χ2v) is 6.86. The SMILES string of the molecule is O=C(NCc1ccco1)c1ccc(Cn2c(=O)[nH]c3ccsc3c2=O)cc1. The maximum atomic E-state index is 12.5. The van der Waals surface area contributed by atoms with Crippen molar-refractivity contribution in [3.63, 3.8) is 0 Å². The molecule has 7 nitrogen and oxygen atoms in total. The zero-order chi connectivity index (χ0) is 18.8. The number of thiophene rings is 1. The van der Waals surface area contributed by atoms with Gasteiger partial charge in [-0.3, -0.25) is 14.2 Å². The fraction of sp³-hybridized carbons (Fsp3) is 0.105. The van der Waals surface area contributed by atoms with Gasteiger partial charge >= 0.3 is 5.69 Å². The van der Waals surface area contributed by atoms with Gasteiger partial charge in [0.2, 0.25) is 0 Å². The normalized spacial score (nSPS) is 11.0. The van der Waals surface area contributed by atoms with E-state index in [0.29, 0.717) is 28.1 Å². The minimum absolute atomic E-state index is 0.135. The van der Waals surface area contributed by atoms with Crippen LogP contribution >= 0.6 is 11.3 Å². The lowest BCUT2D eigenvalue weighted by Gasteiger charge is -2.07. The number of carbonyl (C=O) groups is 1. The van der Waals surface area contributed by atoms with Crippen LogP contribution in [-0.4, -0.2) is 15.5 Å². The van der Waals surface area contributed by atoms with Gasteiger partial charge in [0.1, 0.15) is 10.5 Å². The first-order valence-corrected chi connectivity index (χ1v) is 9.09. The summed E-state index contributed by atoms with van der Waals surface area (Å²) in [5.41, 5.74) is 1.02. The van der Waals surface area contributed by atoms with E-state index in [0.717, 1.165) is 10.1 Å². The molecule has 0 bridgehead atoms. The lowest BCUT2D eigenvalue weighted by atomic mass is 10.1. The van der Waals surface area contributed by atoms with Gasteiger partial charge in [-0.1, -0.05) is 12.1 Å². The lowest BCUT2D eigenvalue weighted by Crippen LogP contribution is -2.34. The topological polar surface area (TPSA) is 97.1 Å². The molecule has 0 saturated heterocycles. The van der Waals surface area contributed by atoms with Gasteiger partial charge in [-0.05, 0) is 41.3 Å². The molecule has 3 aromatic heterocycles. The van der Waals surface area contributed by atoms with E-state index in [-0.39, 0.29) is 18.0 Å². The highest BCUT2D eigenvalue weighted by Gasteiger charge is 2.10. The third-order valence-electron chi connectivity index (χ3n) is 4.15. The van der Waals surface area contributed by atoms with Gasteiger partial charge in [-0.2, -0.15) is 0 Å². The fourth-order valence-electron chi connectivity index (χ4n) is 2.74. The average Bonchev–Trinajstić information content (AvgIpc) is 3.35. The van der Waals surface area contributed by atoms with Crippen molar-refractivity contribution in [1.29, 1.82) is 0 Å². The van der Waals surface area contributed by atoms with Crippen LogP contribution in [-0.2, 0) is 13.1 Å². The Morgan fingerprint density at radius 1 is 1.15 bits per heavy atom. The number of rotatable bonds is 5. The predicted octanol–water partition coefficient (Wildman–Crippen LogP) is 2.32. The van der Waals surface area contributed by atoms with E-state index in [4.69, 9.17) is 4.42 Å². The second-order valence-electron chi connectivity index (χ2n) is 5.94. The minimum atomic E-state index is -0.453. The van der Waals surface area contributed by atoms with E-state index in [1.165, 1.54) is 11.3 Å². The second kappa shape index (κ2) is 7.08. The number of benzene rings is 1. The maximum Gasteiger partial charge on any atom is 0.329 e. The first kappa shape index (κ1) is 17.0. The van der Waals surface area contributed by atoms with Crippen LogP contribution in [0.25, 0.3) is 10.2 Å². The number of nitrogens with one attached hydrogen (secondary N) is 2. The van der Waals surface area contributed by atoms with Crippen molar-refractivity contribution in [1.82, 2.24) is 14.9 Å². The number of fused-ring (bicyclic) bond motifs is 1. The summed E-state index contributed by atoms with van der Waals surface area (Å²) in [4.78, 5) is 39.5. The molecule has 4 rings (SSSR count). The molecule has 0 aliphatic rings. The van der Waals surface area contributed by atoms with Crippen LogP contribution in [0, 0.1) is 0 Å². The van der Waals surface area contributed by atoms with Gasteiger partial charge in [-0.25, -0.2) is 4.79 Å². The molecule has 0 saturated carbocycles. The fourth-order valence-corrected chi connectivity index (χ4v) is 3.54. The molecule has 0 radical (unpaired) electrons. The summed E-state index contributed by atoms with van der Waals surface area (Å²) in [5.74, 6) is 0.440. The van der Waals surface area contributed by atoms with Crippen LogP contribution in [0.3, 0.4) is 0 Å². The molecule has 27 heavy (non-hydrogen) atoms. The summed E-state index contributed by atoms with van der Waals surface area (Å²) in [6.07, 6.45) is 1.55.